The standard InChI is InChI=1S/C25H29ClFNO4/c1-25(2,3)32-24(31)28-13-11-16(12-14-28)19-5-4-6-20(23(19)30)22(29)10-8-17-7-9-18(26)15-21(17)27/h4-10,15-16,22,29-30H,11-14H2,1-3H3/i8D. The maximum absolute atomic E-state index is 14.1. The van der Waals surface area contributed by atoms with Crippen LogP contribution in [0.5, 0.6) is 5.75 Å². The molecule has 0 radical (unpaired) electrons. The first-order valence-electron chi connectivity index (χ1n) is 11.1. The Hall–Kier alpha value is -2.57. The summed E-state index contributed by atoms with van der Waals surface area (Å²) >= 11 is 5.76. The number of rotatable bonds is 4. The van der Waals surface area contributed by atoms with Gasteiger partial charge in [-0.05, 0) is 57.2 Å². The van der Waals surface area contributed by atoms with E-state index in [1.165, 1.54) is 18.2 Å². The Morgan fingerprint density at radius 2 is 2.00 bits per heavy atom. The number of ether oxygens (including phenoxy) is 1. The van der Waals surface area contributed by atoms with Gasteiger partial charge in [0.25, 0.3) is 0 Å². The number of hydrogen-bond acceptors (Lipinski definition) is 4. The molecule has 2 aromatic carbocycles. The highest BCUT2D eigenvalue weighted by Crippen LogP contribution is 2.38. The first kappa shape index (κ1) is 22.6. The smallest absolute Gasteiger partial charge is 0.410 e. The number of amides is 1. The summed E-state index contributed by atoms with van der Waals surface area (Å²) < 4.78 is 27.7. The normalized spacial score (nSPS) is 17.1. The van der Waals surface area contributed by atoms with E-state index in [1.807, 2.05) is 20.8 Å². The van der Waals surface area contributed by atoms with E-state index < -0.39 is 17.5 Å². The number of hydrogen-bond donors (Lipinski definition) is 2. The summed E-state index contributed by atoms with van der Waals surface area (Å²) in [5.41, 5.74) is 0.355. The van der Waals surface area contributed by atoms with Gasteiger partial charge in [-0.3, -0.25) is 0 Å². The monoisotopic (exact) mass is 462 g/mol. The number of phenols is 1. The topological polar surface area (TPSA) is 70.0 Å². The van der Waals surface area contributed by atoms with E-state index in [-0.39, 0.29) is 40.0 Å². The van der Waals surface area contributed by atoms with Gasteiger partial charge in [0.05, 0.1) is 1.37 Å². The maximum Gasteiger partial charge on any atom is 0.410 e. The summed E-state index contributed by atoms with van der Waals surface area (Å²) in [4.78, 5) is 14.0. The van der Waals surface area contributed by atoms with Crippen molar-refractivity contribution in [2.75, 3.05) is 13.1 Å². The molecule has 1 atom stereocenters. The Balaban J connectivity index is 1.74. The van der Waals surface area contributed by atoms with Crippen LogP contribution in [0.25, 0.3) is 6.05 Å². The van der Waals surface area contributed by atoms with Crippen LogP contribution in [-0.2, 0) is 4.74 Å². The van der Waals surface area contributed by atoms with Gasteiger partial charge < -0.3 is 19.8 Å². The first-order valence-corrected chi connectivity index (χ1v) is 11.0. The van der Waals surface area contributed by atoms with Gasteiger partial charge >= 0.3 is 6.09 Å². The first-order chi connectivity index (χ1) is 15.5. The molecule has 1 amide bonds. The fourth-order valence-corrected chi connectivity index (χ4v) is 3.87. The molecular formula is C25H29ClFNO4. The lowest BCUT2D eigenvalue weighted by Gasteiger charge is -2.34. The number of carbonyl (C=O) groups excluding carboxylic acids is 1. The molecule has 1 fully saturated rings. The predicted octanol–water partition coefficient (Wildman–Crippen LogP) is 6.05. The van der Waals surface area contributed by atoms with Crippen LogP contribution in [0.2, 0.25) is 5.02 Å². The largest absolute Gasteiger partial charge is 0.507 e. The van der Waals surface area contributed by atoms with Crippen LogP contribution >= 0.6 is 11.6 Å². The van der Waals surface area contributed by atoms with Crippen LogP contribution in [-0.4, -0.2) is 39.9 Å². The Kier molecular flexibility index (Phi) is 7.01. The van der Waals surface area contributed by atoms with Gasteiger partial charge in [0.1, 0.15) is 23.3 Å². The second-order valence-corrected chi connectivity index (χ2v) is 9.34. The van der Waals surface area contributed by atoms with Gasteiger partial charge in [-0.2, -0.15) is 0 Å². The zero-order valence-corrected chi connectivity index (χ0v) is 19.2. The molecule has 0 bridgehead atoms. The molecule has 0 aliphatic carbocycles. The number of carbonyl (C=O) groups is 1. The number of aliphatic hydroxyl groups excluding tert-OH is 1. The van der Waals surface area contributed by atoms with E-state index in [4.69, 9.17) is 17.7 Å². The molecule has 172 valence electrons. The van der Waals surface area contributed by atoms with Gasteiger partial charge in [0.2, 0.25) is 0 Å². The van der Waals surface area contributed by atoms with E-state index in [9.17, 15) is 19.4 Å². The lowest BCUT2D eigenvalue weighted by molar-refractivity contribution is 0.0204. The van der Waals surface area contributed by atoms with Crippen molar-refractivity contribution in [1.29, 1.82) is 0 Å². The summed E-state index contributed by atoms with van der Waals surface area (Å²) in [6.07, 6.45) is 0.811. The lowest BCUT2D eigenvalue weighted by atomic mass is 9.87. The maximum atomic E-state index is 14.1. The average molecular weight is 463 g/mol. The SMILES string of the molecule is [2H]C(=CC(O)c1cccc(C2CCN(C(=O)OC(C)(C)C)CC2)c1O)c1ccc(Cl)cc1F. The van der Waals surface area contributed by atoms with Crippen molar-refractivity contribution < 1.29 is 25.5 Å². The number of piperidine rings is 1. The molecule has 1 saturated heterocycles. The Morgan fingerprint density at radius 3 is 2.62 bits per heavy atom. The van der Waals surface area contributed by atoms with Gasteiger partial charge in [-0.15, -0.1) is 0 Å². The number of halogens is 2. The molecule has 1 aliphatic heterocycles. The van der Waals surface area contributed by atoms with Gasteiger partial charge in [-0.1, -0.05) is 48.0 Å². The quantitative estimate of drug-likeness (QED) is 0.580. The molecule has 1 heterocycles. The van der Waals surface area contributed by atoms with Crippen molar-refractivity contribution in [3.05, 3.63) is 70.0 Å². The Labute approximate surface area is 194 Å². The van der Waals surface area contributed by atoms with E-state index in [2.05, 4.69) is 0 Å². The zero-order chi connectivity index (χ0) is 24.3. The average Bonchev–Trinajstić information content (AvgIpc) is 2.72. The number of benzene rings is 2. The number of phenolic OH excluding ortho intramolecular Hbond substituents is 1. The van der Waals surface area contributed by atoms with E-state index >= 15 is 0 Å². The Morgan fingerprint density at radius 1 is 1.31 bits per heavy atom. The molecule has 1 unspecified atom stereocenters. The summed E-state index contributed by atoms with van der Waals surface area (Å²) in [7, 11) is 0. The van der Waals surface area contributed by atoms with Crippen LogP contribution in [0.15, 0.2) is 42.5 Å². The van der Waals surface area contributed by atoms with Crippen LogP contribution in [0.3, 0.4) is 0 Å². The highest BCUT2D eigenvalue weighted by molar-refractivity contribution is 6.30. The van der Waals surface area contributed by atoms with Crippen molar-refractivity contribution >= 4 is 23.7 Å². The molecular weight excluding hydrogens is 433 g/mol. The molecule has 7 heteroatoms. The minimum absolute atomic E-state index is 0.00334. The van der Waals surface area contributed by atoms with Crippen molar-refractivity contribution in [3.63, 3.8) is 0 Å². The summed E-state index contributed by atoms with van der Waals surface area (Å²) in [6, 6.07) is 8.83. The fraction of sp³-hybridized carbons (Fsp3) is 0.400. The predicted molar refractivity (Wildman–Crippen MR) is 123 cm³/mol. The molecule has 0 aromatic heterocycles. The number of nitrogens with zero attached hydrogens (tertiary/aromatic N) is 1. The second-order valence-electron chi connectivity index (χ2n) is 8.91. The van der Waals surface area contributed by atoms with Gasteiger partial charge in [0.15, 0.2) is 0 Å². The third kappa shape index (κ3) is 6.02. The molecule has 5 nitrogen and oxygen atoms in total. The van der Waals surface area contributed by atoms with Crippen LogP contribution in [0.4, 0.5) is 9.18 Å². The molecule has 1 aliphatic rings. The van der Waals surface area contributed by atoms with Crippen molar-refractivity contribution in [3.8, 4) is 5.75 Å². The van der Waals surface area contributed by atoms with Crippen LogP contribution in [0, 0.1) is 5.82 Å². The number of likely N-dealkylation sites (tertiary alicyclic amines) is 1. The second kappa shape index (κ2) is 9.92. The van der Waals surface area contributed by atoms with Crippen LogP contribution < -0.4 is 0 Å². The minimum atomic E-state index is -1.30. The zero-order valence-electron chi connectivity index (χ0n) is 19.4. The van der Waals surface area contributed by atoms with E-state index in [0.29, 0.717) is 31.5 Å². The third-order valence-corrected chi connectivity index (χ3v) is 5.57. The molecule has 32 heavy (non-hydrogen) atoms. The number of para-hydroxylation sites is 1. The third-order valence-electron chi connectivity index (χ3n) is 5.33. The van der Waals surface area contributed by atoms with Crippen molar-refractivity contribution in [2.24, 2.45) is 0 Å². The molecule has 2 aromatic rings. The number of aliphatic hydroxyl groups is 1. The Bertz CT molecular complexity index is 1050. The number of aromatic hydroxyl groups is 1. The molecule has 0 spiro atoms. The van der Waals surface area contributed by atoms with Crippen LogP contribution in [0.1, 0.15) is 63.7 Å². The molecule has 2 N–H and O–H groups in total. The van der Waals surface area contributed by atoms with E-state index in [1.54, 1.807) is 23.1 Å². The van der Waals surface area contributed by atoms with Gasteiger partial charge in [0, 0.05) is 29.2 Å². The summed E-state index contributed by atoms with van der Waals surface area (Å²) in [5, 5.41) is 21.7. The highest BCUT2D eigenvalue weighted by atomic mass is 35.5. The van der Waals surface area contributed by atoms with Gasteiger partial charge in [-0.25, -0.2) is 9.18 Å². The van der Waals surface area contributed by atoms with Crippen molar-refractivity contribution in [2.45, 2.75) is 51.2 Å². The molecule has 0 saturated carbocycles. The summed E-state index contributed by atoms with van der Waals surface area (Å²) in [6.45, 7) is 6.47. The highest BCUT2D eigenvalue weighted by Gasteiger charge is 2.29. The van der Waals surface area contributed by atoms with Crippen molar-refractivity contribution in [1.82, 2.24) is 4.90 Å². The lowest BCUT2D eigenvalue weighted by Crippen LogP contribution is -2.41. The molecule has 3 rings (SSSR count). The fourth-order valence-electron chi connectivity index (χ4n) is 3.71. The summed E-state index contributed by atoms with van der Waals surface area (Å²) in [5.74, 6) is -0.712. The minimum Gasteiger partial charge on any atom is -0.507 e. The van der Waals surface area contributed by atoms with E-state index in [0.717, 1.165) is 6.07 Å².